The number of carbonyl (C=O) groups excluding carboxylic acids is 1. The summed E-state index contributed by atoms with van der Waals surface area (Å²) in [7, 11) is 1.72. The van der Waals surface area contributed by atoms with Crippen LogP contribution in [0, 0.1) is 0 Å². The lowest BCUT2D eigenvalue weighted by atomic mass is 10.2. The Kier molecular flexibility index (Phi) is 4.90. The molecule has 1 heterocycles. The molecule has 0 atom stereocenters. The molecule has 1 aliphatic rings. The van der Waals surface area contributed by atoms with Crippen molar-refractivity contribution in [1.82, 2.24) is 4.90 Å². The summed E-state index contributed by atoms with van der Waals surface area (Å²) >= 11 is 10.9. The van der Waals surface area contributed by atoms with Crippen molar-refractivity contribution in [2.45, 2.75) is 0 Å². The summed E-state index contributed by atoms with van der Waals surface area (Å²) in [6, 6.07) is 15.1. The van der Waals surface area contributed by atoms with Crippen LogP contribution in [-0.4, -0.2) is 23.0 Å². The van der Waals surface area contributed by atoms with Gasteiger partial charge in [0.05, 0.1) is 15.6 Å². The molecule has 0 N–H and O–H groups in total. The van der Waals surface area contributed by atoms with Crippen LogP contribution in [0.25, 0.3) is 6.08 Å². The van der Waals surface area contributed by atoms with Crippen LogP contribution in [0.3, 0.4) is 0 Å². The third-order valence-electron chi connectivity index (χ3n) is 3.22. The molecule has 116 valence electrons. The number of halogens is 2. The van der Waals surface area contributed by atoms with Gasteiger partial charge in [-0.05, 0) is 47.7 Å². The highest BCUT2D eigenvalue weighted by atomic mass is 79.9. The number of hydrogen-bond donors (Lipinski definition) is 0. The van der Waals surface area contributed by atoms with Gasteiger partial charge in [-0.3, -0.25) is 9.69 Å². The molecular weight excluding hydrogens is 396 g/mol. The van der Waals surface area contributed by atoms with E-state index in [1.54, 1.807) is 13.1 Å². The van der Waals surface area contributed by atoms with E-state index in [9.17, 15) is 4.79 Å². The summed E-state index contributed by atoms with van der Waals surface area (Å²) in [5.74, 6) is -0.0687. The summed E-state index contributed by atoms with van der Waals surface area (Å²) in [5.41, 5.74) is 1.61. The van der Waals surface area contributed by atoms with Crippen LogP contribution in [0.15, 0.2) is 62.9 Å². The molecule has 1 amide bonds. The highest BCUT2D eigenvalue weighted by molar-refractivity contribution is 9.10. The van der Waals surface area contributed by atoms with E-state index in [0.717, 1.165) is 10.0 Å². The third kappa shape index (κ3) is 3.68. The standard InChI is InChI=1S/C17H12BrClN2OS/c1-21-16(22)15(10-11-5-4-6-12(18)9-11)23-17(21)20-14-8-3-2-7-13(14)19/h2-10H,1H3/b15-10+,20-17?. The maximum atomic E-state index is 12.4. The number of benzene rings is 2. The first-order chi connectivity index (χ1) is 11.0. The fourth-order valence-corrected chi connectivity index (χ4v) is 3.62. The molecule has 3 rings (SSSR count). The van der Waals surface area contributed by atoms with Crippen molar-refractivity contribution in [1.29, 1.82) is 0 Å². The Bertz CT molecular complexity index is 835. The number of carbonyl (C=O) groups is 1. The van der Waals surface area contributed by atoms with E-state index in [0.29, 0.717) is 20.8 Å². The molecule has 1 aliphatic heterocycles. The Labute approximate surface area is 152 Å². The van der Waals surface area contributed by atoms with Gasteiger partial charge in [-0.1, -0.05) is 51.8 Å². The van der Waals surface area contributed by atoms with Crippen molar-refractivity contribution in [2.24, 2.45) is 4.99 Å². The Morgan fingerprint density at radius 3 is 2.74 bits per heavy atom. The number of aliphatic imine (C=N–C) groups is 1. The van der Waals surface area contributed by atoms with Gasteiger partial charge in [0.15, 0.2) is 5.17 Å². The minimum atomic E-state index is -0.0687. The molecule has 2 aromatic carbocycles. The molecule has 2 aromatic rings. The zero-order chi connectivity index (χ0) is 16.4. The Balaban J connectivity index is 1.93. The molecule has 23 heavy (non-hydrogen) atoms. The average molecular weight is 408 g/mol. The molecule has 0 radical (unpaired) electrons. The van der Waals surface area contributed by atoms with Gasteiger partial charge in [-0.25, -0.2) is 4.99 Å². The summed E-state index contributed by atoms with van der Waals surface area (Å²) in [6.07, 6.45) is 1.86. The number of rotatable bonds is 2. The van der Waals surface area contributed by atoms with Gasteiger partial charge < -0.3 is 0 Å². The summed E-state index contributed by atoms with van der Waals surface area (Å²) in [4.78, 5) is 19.1. The average Bonchev–Trinajstić information content (AvgIpc) is 2.78. The van der Waals surface area contributed by atoms with Crippen LogP contribution in [0.5, 0.6) is 0 Å². The van der Waals surface area contributed by atoms with E-state index in [1.165, 1.54) is 16.7 Å². The van der Waals surface area contributed by atoms with Crippen molar-refractivity contribution in [3.05, 3.63) is 68.5 Å². The van der Waals surface area contributed by atoms with Crippen LogP contribution < -0.4 is 0 Å². The smallest absolute Gasteiger partial charge is 0.266 e. The lowest BCUT2D eigenvalue weighted by Crippen LogP contribution is -2.23. The molecule has 0 unspecified atom stereocenters. The zero-order valence-electron chi connectivity index (χ0n) is 12.2. The van der Waals surface area contributed by atoms with Crippen LogP contribution >= 0.6 is 39.3 Å². The predicted octanol–water partition coefficient (Wildman–Crippen LogP) is 5.34. The zero-order valence-corrected chi connectivity index (χ0v) is 15.3. The summed E-state index contributed by atoms with van der Waals surface area (Å²) < 4.78 is 0.973. The van der Waals surface area contributed by atoms with Gasteiger partial charge in [-0.15, -0.1) is 0 Å². The lowest BCUT2D eigenvalue weighted by molar-refractivity contribution is -0.121. The van der Waals surface area contributed by atoms with Gasteiger partial charge in [0.2, 0.25) is 0 Å². The molecular formula is C17H12BrClN2OS. The lowest BCUT2D eigenvalue weighted by Gasteiger charge is -2.07. The minimum Gasteiger partial charge on any atom is -0.290 e. The number of para-hydroxylation sites is 1. The first-order valence-corrected chi connectivity index (χ1v) is 8.80. The number of hydrogen-bond acceptors (Lipinski definition) is 3. The van der Waals surface area contributed by atoms with Gasteiger partial charge >= 0.3 is 0 Å². The molecule has 0 bridgehead atoms. The third-order valence-corrected chi connectivity index (χ3v) is 5.09. The SMILES string of the molecule is CN1C(=O)/C(=C\c2cccc(Br)c2)SC1=Nc1ccccc1Cl. The quantitative estimate of drug-likeness (QED) is 0.630. The van der Waals surface area contributed by atoms with Crippen molar-refractivity contribution in [3.63, 3.8) is 0 Å². The number of nitrogens with zero attached hydrogens (tertiary/aromatic N) is 2. The monoisotopic (exact) mass is 406 g/mol. The van der Waals surface area contributed by atoms with Gasteiger partial charge in [-0.2, -0.15) is 0 Å². The van der Waals surface area contributed by atoms with Gasteiger partial charge in [0.1, 0.15) is 0 Å². The van der Waals surface area contributed by atoms with Crippen LogP contribution in [0.4, 0.5) is 5.69 Å². The molecule has 3 nitrogen and oxygen atoms in total. The van der Waals surface area contributed by atoms with Crippen molar-refractivity contribution >= 4 is 62.1 Å². The molecule has 0 aliphatic carbocycles. The highest BCUT2D eigenvalue weighted by Gasteiger charge is 2.30. The minimum absolute atomic E-state index is 0.0687. The van der Waals surface area contributed by atoms with E-state index in [1.807, 2.05) is 48.5 Å². The van der Waals surface area contributed by atoms with Crippen LogP contribution in [-0.2, 0) is 4.79 Å². The number of thioether (sulfide) groups is 1. The Morgan fingerprint density at radius 1 is 1.22 bits per heavy atom. The molecule has 1 fully saturated rings. The first-order valence-electron chi connectivity index (χ1n) is 6.81. The first kappa shape index (κ1) is 16.3. The predicted molar refractivity (Wildman–Crippen MR) is 101 cm³/mol. The largest absolute Gasteiger partial charge is 0.290 e. The topological polar surface area (TPSA) is 32.7 Å². The normalized spacial score (nSPS) is 18.2. The van der Waals surface area contributed by atoms with Crippen molar-refractivity contribution < 1.29 is 4.79 Å². The molecule has 6 heteroatoms. The second-order valence-electron chi connectivity index (χ2n) is 4.88. The fourth-order valence-electron chi connectivity index (χ4n) is 2.04. The van der Waals surface area contributed by atoms with Gasteiger partial charge in [0, 0.05) is 11.5 Å². The van der Waals surface area contributed by atoms with Crippen molar-refractivity contribution in [2.75, 3.05) is 7.05 Å². The van der Waals surface area contributed by atoms with E-state index >= 15 is 0 Å². The maximum Gasteiger partial charge on any atom is 0.266 e. The van der Waals surface area contributed by atoms with E-state index in [4.69, 9.17) is 11.6 Å². The summed E-state index contributed by atoms with van der Waals surface area (Å²) in [6.45, 7) is 0. The second-order valence-corrected chi connectivity index (χ2v) is 7.21. The van der Waals surface area contributed by atoms with Crippen LogP contribution in [0.1, 0.15) is 5.56 Å². The molecule has 0 saturated carbocycles. The van der Waals surface area contributed by atoms with Gasteiger partial charge in [0.25, 0.3) is 5.91 Å². The van der Waals surface area contributed by atoms with E-state index in [2.05, 4.69) is 20.9 Å². The molecule has 0 aromatic heterocycles. The van der Waals surface area contributed by atoms with Crippen LogP contribution in [0.2, 0.25) is 5.02 Å². The maximum absolute atomic E-state index is 12.4. The highest BCUT2D eigenvalue weighted by Crippen LogP contribution is 2.34. The second kappa shape index (κ2) is 6.91. The Morgan fingerprint density at radius 2 is 2.00 bits per heavy atom. The molecule has 0 spiro atoms. The fraction of sp³-hybridized carbons (Fsp3) is 0.0588. The number of amidine groups is 1. The van der Waals surface area contributed by atoms with E-state index < -0.39 is 0 Å². The number of likely N-dealkylation sites (N-methyl/N-ethyl adjacent to an activating group) is 1. The van der Waals surface area contributed by atoms with Crippen molar-refractivity contribution in [3.8, 4) is 0 Å². The number of amides is 1. The summed E-state index contributed by atoms with van der Waals surface area (Å²) in [5, 5.41) is 1.18. The van der Waals surface area contributed by atoms with E-state index in [-0.39, 0.29) is 5.91 Å². The molecule has 1 saturated heterocycles. The Hall–Kier alpha value is -1.56.